The topological polar surface area (TPSA) is 90.2 Å². The highest BCUT2D eigenvalue weighted by molar-refractivity contribution is 8.00. The van der Waals surface area contributed by atoms with Crippen LogP contribution in [-0.2, 0) is 11.2 Å². The Morgan fingerprint density at radius 2 is 1.97 bits per heavy atom. The summed E-state index contributed by atoms with van der Waals surface area (Å²) in [6.07, 6.45) is 4.71. The molecule has 3 aromatic rings. The number of hydrogen-bond acceptors (Lipinski definition) is 6. The summed E-state index contributed by atoms with van der Waals surface area (Å²) in [5, 5.41) is 8.42. The van der Waals surface area contributed by atoms with E-state index in [1.807, 2.05) is 17.9 Å². The van der Waals surface area contributed by atoms with Crippen LogP contribution in [0.4, 0.5) is 0 Å². The standard InChI is InChI=1S/C21H25N5O2S/c1-15(29-21-24-23-19(26(21)22)18-8-5-13-28-18)20(27)25-11-9-17(10-12-25)14-16-6-3-2-4-7-16/h2-8,13,15,17H,9-12,14,22H2,1H3/t15-/m0/s1. The van der Waals surface area contributed by atoms with Gasteiger partial charge in [-0.1, -0.05) is 42.1 Å². The molecule has 0 saturated carbocycles. The molecular weight excluding hydrogens is 386 g/mol. The molecule has 3 heterocycles. The molecule has 152 valence electrons. The molecule has 1 aliphatic rings. The molecule has 29 heavy (non-hydrogen) atoms. The van der Waals surface area contributed by atoms with E-state index in [-0.39, 0.29) is 11.2 Å². The van der Waals surface area contributed by atoms with E-state index in [4.69, 9.17) is 10.3 Å². The second-order valence-electron chi connectivity index (χ2n) is 7.37. The summed E-state index contributed by atoms with van der Waals surface area (Å²) in [4.78, 5) is 14.9. The fraction of sp³-hybridized carbons (Fsp3) is 0.381. The van der Waals surface area contributed by atoms with Gasteiger partial charge in [0.1, 0.15) is 0 Å². The number of nitrogens with two attached hydrogens (primary N) is 1. The number of likely N-dealkylation sites (tertiary alicyclic amines) is 1. The average Bonchev–Trinajstić information content (AvgIpc) is 3.39. The Labute approximate surface area is 174 Å². The summed E-state index contributed by atoms with van der Waals surface area (Å²) in [5.41, 5.74) is 1.37. The number of nitrogens with zero attached hydrogens (tertiary/aromatic N) is 4. The maximum Gasteiger partial charge on any atom is 0.235 e. The fourth-order valence-corrected chi connectivity index (χ4v) is 4.56. The molecule has 0 spiro atoms. The highest BCUT2D eigenvalue weighted by atomic mass is 32.2. The summed E-state index contributed by atoms with van der Waals surface area (Å²) in [7, 11) is 0. The number of carbonyl (C=O) groups is 1. The first-order chi connectivity index (χ1) is 14.1. The molecule has 1 fully saturated rings. The Morgan fingerprint density at radius 1 is 1.21 bits per heavy atom. The van der Waals surface area contributed by atoms with Crippen molar-refractivity contribution in [1.82, 2.24) is 19.8 Å². The molecule has 1 aliphatic heterocycles. The molecule has 1 atom stereocenters. The largest absolute Gasteiger partial charge is 0.461 e. The van der Waals surface area contributed by atoms with Gasteiger partial charge in [-0.25, -0.2) is 4.68 Å². The lowest BCUT2D eigenvalue weighted by Gasteiger charge is -2.33. The summed E-state index contributed by atoms with van der Waals surface area (Å²) in [6, 6.07) is 14.1. The van der Waals surface area contributed by atoms with Gasteiger partial charge in [0, 0.05) is 13.1 Å². The zero-order chi connectivity index (χ0) is 20.2. The number of amides is 1. The number of hydrogen-bond donors (Lipinski definition) is 1. The quantitative estimate of drug-likeness (QED) is 0.495. The Balaban J connectivity index is 1.31. The molecule has 1 amide bonds. The van der Waals surface area contributed by atoms with E-state index in [0.717, 1.165) is 32.4 Å². The normalized spacial score (nSPS) is 16.1. The number of benzene rings is 1. The van der Waals surface area contributed by atoms with Gasteiger partial charge < -0.3 is 15.2 Å². The van der Waals surface area contributed by atoms with Crippen LogP contribution in [0, 0.1) is 5.92 Å². The van der Waals surface area contributed by atoms with Crippen LogP contribution in [-0.4, -0.2) is 44.0 Å². The summed E-state index contributed by atoms with van der Waals surface area (Å²) in [5.74, 6) is 7.84. The number of thioether (sulfide) groups is 1. The average molecular weight is 412 g/mol. The number of rotatable bonds is 6. The van der Waals surface area contributed by atoms with Crippen molar-refractivity contribution >= 4 is 17.7 Å². The maximum absolute atomic E-state index is 12.9. The number of furan rings is 1. The predicted octanol–water partition coefficient (Wildman–Crippen LogP) is 3.21. The Morgan fingerprint density at radius 3 is 2.66 bits per heavy atom. The number of nitrogen functional groups attached to an aromatic ring is 1. The minimum Gasteiger partial charge on any atom is -0.461 e. The third kappa shape index (κ3) is 4.48. The first kappa shape index (κ1) is 19.6. The Hall–Kier alpha value is -2.74. The molecule has 0 unspecified atom stereocenters. The minimum absolute atomic E-state index is 0.121. The van der Waals surface area contributed by atoms with Crippen LogP contribution in [0.25, 0.3) is 11.6 Å². The van der Waals surface area contributed by atoms with Gasteiger partial charge in [0.25, 0.3) is 0 Å². The first-order valence-corrected chi connectivity index (χ1v) is 10.7. The van der Waals surface area contributed by atoms with Crippen LogP contribution >= 0.6 is 11.8 Å². The van der Waals surface area contributed by atoms with Crippen molar-refractivity contribution in [3.8, 4) is 11.6 Å². The third-order valence-corrected chi connectivity index (χ3v) is 6.37. The number of carbonyl (C=O) groups excluding carboxylic acids is 1. The van der Waals surface area contributed by atoms with Crippen molar-refractivity contribution in [2.75, 3.05) is 18.9 Å². The summed E-state index contributed by atoms with van der Waals surface area (Å²) in [6.45, 7) is 3.49. The van der Waals surface area contributed by atoms with E-state index >= 15 is 0 Å². The van der Waals surface area contributed by atoms with Crippen molar-refractivity contribution in [2.45, 2.75) is 36.6 Å². The van der Waals surface area contributed by atoms with Crippen molar-refractivity contribution in [2.24, 2.45) is 5.92 Å². The monoisotopic (exact) mass is 411 g/mol. The van der Waals surface area contributed by atoms with E-state index in [1.165, 1.54) is 22.0 Å². The molecule has 2 N–H and O–H groups in total. The first-order valence-electron chi connectivity index (χ1n) is 9.85. The number of piperidine rings is 1. The van der Waals surface area contributed by atoms with Crippen molar-refractivity contribution in [1.29, 1.82) is 0 Å². The minimum atomic E-state index is -0.281. The number of aromatic nitrogens is 3. The molecule has 8 heteroatoms. The Kier molecular flexibility index (Phi) is 5.89. The highest BCUT2D eigenvalue weighted by Gasteiger charge is 2.28. The second-order valence-corrected chi connectivity index (χ2v) is 8.68. The van der Waals surface area contributed by atoms with E-state index < -0.39 is 0 Å². The third-order valence-electron chi connectivity index (χ3n) is 5.33. The molecule has 1 aromatic carbocycles. The molecular formula is C21H25N5O2S. The van der Waals surface area contributed by atoms with Gasteiger partial charge in [-0.3, -0.25) is 4.79 Å². The van der Waals surface area contributed by atoms with Crippen LogP contribution in [0.3, 0.4) is 0 Å². The van der Waals surface area contributed by atoms with Crippen molar-refractivity contribution in [3.05, 3.63) is 54.3 Å². The summed E-state index contributed by atoms with van der Waals surface area (Å²) >= 11 is 1.32. The predicted molar refractivity (Wildman–Crippen MR) is 113 cm³/mol. The fourth-order valence-electron chi connectivity index (χ4n) is 3.70. The molecule has 0 radical (unpaired) electrons. The van der Waals surface area contributed by atoms with Crippen LogP contribution < -0.4 is 5.84 Å². The van der Waals surface area contributed by atoms with E-state index in [2.05, 4.69) is 34.5 Å². The van der Waals surface area contributed by atoms with Crippen molar-refractivity contribution < 1.29 is 9.21 Å². The van der Waals surface area contributed by atoms with Gasteiger partial charge in [0.05, 0.1) is 11.5 Å². The molecule has 7 nitrogen and oxygen atoms in total. The van der Waals surface area contributed by atoms with Gasteiger partial charge in [0.2, 0.25) is 16.9 Å². The van der Waals surface area contributed by atoms with Crippen LogP contribution in [0.5, 0.6) is 0 Å². The lowest BCUT2D eigenvalue weighted by Crippen LogP contribution is -2.42. The zero-order valence-electron chi connectivity index (χ0n) is 16.4. The van der Waals surface area contributed by atoms with Gasteiger partial charge >= 0.3 is 0 Å². The smallest absolute Gasteiger partial charge is 0.235 e. The lowest BCUT2D eigenvalue weighted by atomic mass is 9.90. The van der Waals surface area contributed by atoms with Gasteiger partial charge in [-0.2, -0.15) is 0 Å². The lowest BCUT2D eigenvalue weighted by molar-refractivity contribution is -0.131. The van der Waals surface area contributed by atoms with Crippen LogP contribution in [0.1, 0.15) is 25.3 Å². The molecule has 2 aromatic heterocycles. The molecule has 4 rings (SSSR count). The SMILES string of the molecule is C[C@H](Sc1nnc(-c2ccco2)n1N)C(=O)N1CCC(Cc2ccccc2)CC1. The maximum atomic E-state index is 12.9. The van der Waals surface area contributed by atoms with E-state index in [9.17, 15) is 4.79 Å². The molecule has 0 bridgehead atoms. The highest BCUT2D eigenvalue weighted by Crippen LogP contribution is 2.28. The molecule has 1 saturated heterocycles. The zero-order valence-corrected chi connectivity index (χ0v) is 17.2. The molecule has 0 aliphatic carbocycles. The van der Waals surface area contributed by atoms with E-state index in [0.29, 0.717) is 22.7 Å². The van der Waals surface area contributed by atoms with Gasteiger partial charge in [0.15, 0.2) is 5.76 Å². The second kappa shape index (κ2) is 8.73. The Bertz CT molecular complexity index is 933. The van der Waals surface area contributed by atoms with Gasteiger partial charge in [-0.15, -0.1) is 10.2 Å². The van der Waals surface area contributed by atoms with Crippen LogP contribution in [0.2, 0.25) is 0 Å². The van der Waals surface area contributed by atoms with Crippen molar-refractivity contribution in [3.63, 3.8) is 0 Å². The summed E-state index contributed by atoms with van der Waals surface area (Å²) < 4.78 is 6.70. The van der Waals surface area contributed by atoms with Crippen LogP contribution in [0.15, 0.2) is 58.3 Å². The van der Waals surface area contributed by atoms with E-state index in [1.54, 1.807) is 18.4 Å². The van der Waals surface area contributed by atoms with Gasteiger partial charge in [-0.05, 0) is 49.8 Å².